The number of piperidine rings is 1. The molecule has 1 atom stereocenters. The summed E-state index contributed by atoms with van der Waals surface area (Å²) in [6, 6.07) is 3.77. The fourth-order valence-electron chi connectivity index (χ4n) is 5.11. The normalized spacial score (nSPS) is 24.0. The van der Waals surface area contributed by atoms with Crippen LogP contribution in [0.5, 0.6) is 0 Å². The largest absolute Gasteiger partial charge is 0.381 e. The molecule has 2 amide bonds. The average Bonchev–Trinajstić information content (AvgIpc) is 3.24. The Morgan fingerprint density at radius 1 is 1.28 bits per heavy atom. The van der Waals surface area contributed by atoms with E-state index in [-0.39, 0.29) is 11.8 Å². The molecule has 1 spiro atoms. The highest BCUT2D eigenvalue weighted by Crippen LogP contribution is 2.59. The molecule has 1 saturated carbocycles. The summed E-state index contributed by atoms with van der Waals surface area (Å²) in [5.74, 6) is 0.939. The van der Waals surface area contributed by atoms with Crippen LogP contribution < -0.4 is 5.32 Å². The summed E-state index contributed by atoms with van der Waals surface area (Å²) in [7, 11) is 0. The highest BCUT2D eigenvalue weighted by Gasteiger charge is 2.55. The molecule has 0 aromatic carbocycles. The van der Waals surface area contributed by atoms with Crippen molar-refractivity contribution in [1.29, 1.82) is 0 Å². The second kappa shape index (κ2) is 7.44. The molecule has 7 heteroatoms. The number of carbonyl (C=O) groups is 2. The molecule has 2 aromatic rings. The molecule has 29 heavy (non-hydrogen) atoms. The van der Waals surface area contributed by atoms with Crippen LogP contribution in [0.3, 0.4) is 0 Å². The van der Waals surface area contributed by atoms with Crippen LogP contribution in [-0.4, -0.2) is 59.5 Å². The van der Waals surface area contributed by atoms with Crippen LogP contribution in [0.25, 0.3) is 10.9 Å². The Morgan fingerprint density at radius 3 is 2.83 bits per heavy atom. The SMILES string of the molecule is O=C(NCC1CC12CCN(C(=O)C1CCOCC1)CC2)c1cc2ccncc2[nH]1. The van der Waals surface area contributed by atoms with Crippen molar-refractivity contribution in [3.05, 3.63) is 30.2 Å². The fraction of sp³-hybridized carbons (Fsp3) is 0.591. The average molecular weight is 396 g/mol. The molecular weight excluding hydrogens is 368 g/mol. The molecule has 3 aliphatic rings. The number of ether oxygens (including phenoxy) is 1. The maximum atomic E-state index is 12.7. The number of H-pyrrole nitrogens is 1. The van der Waals surface area contributed by atoms with E-state index in [0.29, 0.717) is 42.7 Å². The molecule has 0 radical (unpaired) electrons. The van der Waals surface area contributed by atoms with Gasteiger partial charge in [0.05, 0.1) is 11.7 Å². The third-order valence-corrected chi connectivity index (χ3v) is 7.18. The first-order chi connectivity index (χ1) is 14.1. The first kappa shape index (κ1) is 18.6. The minimum atomic E-state index is -0.0598. The summed E-state index contributed by atoms with van der Waals surface area (Å²) in [6.45, 7) is 3.84. The number of rotatable bonds is 4. The van der Waals surface area contributed by atoms with Crippen molar-refractivity contribution >= 4 is 22.7 Å². The van der Waals surface area contributed by atoms with Gasteiger partial charge in [0, 0.05) is 50.3 Å². The number of aromatic amines is 1. The summed E-state index contributed by atoms with van der Waals surface area (Å²) >= 11 is 0. The Bertz CT molecular complexity index is 877. The molecular formula is C22H28N4O3. The predicted octanol–water partition coefficient (Wildman–Crippen LogP) is 2.35. The number of fused-ring (bicyclic) bond motifs is 1. The lowest BCUT2D eigenvalue weighted by molar-refractivity contribution is -0.140. The van der Waals surface area contributed by atoms with Gasteiger partial charge in [-0.25, -0.2) is 0 Å². The number of nitrogens with zero attached hydrogens (tertiary/aromatic N) is 2. The zero-order chi connectivity index (χ0) is 19.8. The lowest BCUT2D eigenvalue weighted by atomic mass is 9.89. The van der Waals surface area contributed by atoms with Crippen LogP contribution >= 0.6 is 0 Å². The Morgan fingerprint density at radius 2 is 2.07 bits per heavy atom. The highest BCUT2D eigenvalue weighted by atomic mass is 16.5. The summed E-state index contributed by atoms with van der Waals surface area (Å²) in [6.07, 6.45) is 8.45. The van der Waals surface area contributed by atoms with Crippen LogP contribution in [0.4, 0.5) is 0 Å². The Labute approximate surface area is 170 Å². The Balaban J connectivity index is 1.11. The predicted molar refractivity (Wildman–Crippen MR) is 108 cm³/mol. The van der Waals surface area contributed by atoms with E-state index in [4.69, 9.17) is 4.74 Å². The monoisotopic (exact) mass is 396 g/mol. The second-order valence-corrected chi connectivity index (χ2v) is 8.83. The van der Waals surface area contributed by atoms with Crippen molar-refractivity contribution in [2.24, 2.45) is 17.3 Å². The van der Waals surface area contributed by atoms with E-state index in [9.17, 15) is 9.59 Å². The number of aromatic nitrogens is 2. The smallest absolute Gasteiger partial charge is 0.267 e. The molecule has 1 unspecified atom stereocenters. The molecule has 2 N–H and O–H groups in total. The summed E-state index contributed by atoms with van der Waals surface area (Å²) < 4.78 is 5.38. The molecule has 1 aliphatic carbocycles. The van der Waals surface area contributed by atoms with E-state index >= 15 is 0 Å². The fourth-order valence-corrected chi connectivity index (χ4v) is 5.11. The molecule has 2 saturated heterocycles. The zero-order valence-corrected chi connectivity index (χ0v) is 16.7. The summed E-state index contributed by atoms with van der Waals surface area (Å²) in [5.41, 5.74) is 1.78. The first-order valence-electron chi connectivity index (χ1n) is 10.7. The van der Waals surface area contributed by atoms with E-state index in [2.05, 4.69) is 20.2 Å². The molecule has 2 aromatic heterocycles. The van der Waals surface area contributed by atoms with Crippen LogP contribution in [0, 0.1) is 17.3 Å². The lowest BCUT2D eigenvalue weighted by Crippen LogP contribution is -2.44. The molecule has 4 heterocycles. The van der Waals surface area contributed by atoms with Gasteiger partial charge in [-0.15, -0.1) is 0 Å². The van der Waals surface area contributed by atoms with E-state index < -0.39 is 0 Å². The van der Waals surface area contributed by atoms with Gasteiger partial charge in [0.2, 0.25) is 5.91 Å². The number of carbonyl (C=O) groups excluding carboxylic acids is 2. The molecule has 7 nitrogen and oxygen atoms in total. The van der Waals surface area contributed by atoms with Gasteiger partial charge in [-0.1, -0.05) is 0 Å². The lowest BCUT2D eigenvalue weighted by Gasteiger charge is -2.36. The van der Waals surface area contributed by atoms with E-state index in [1.54, 1.807) is 12.4 Å². The molecule has 0 bridgehead atoms. The minimum Gasteiger partial charge on any atom is -0.381 e. The van der Waals surface area contributed by atoms with Crippen molar-refractivity contribution in [3.8, 4) is 0 Å². The molecule has 154 valence electrons. The second-order valence-electron chi connectivity index (χ2n) is 8.83. The van der Waals surface area contributed by atoms with Crippen LogP contribution in [0.15, 0.2) is 24.5 Å². The number of amides is 2. The van der Waals surface area contributed by atoms with Gasteiger partial charge in [-0.3, -0.25) is 14.6 Å². The van der Waals surface area contributed by atoms with Crippen LogP contribution in [0.1, 0.15) is 42.6 Å². The zero-order valence-electron chi connectivity index (χ0n) is 16.7. The third kappa shape index (κ3) is 3.64. The van der Waals surface area contributed by atoms with Crippen LogP contribution in [0.2, 0.25) is 0 Å². The molecule has 2 aliphatic heterocycles. The van der Waals surface area contributed by atoms with Gasteiger partial charge < -0.3 is 19.9 Å². The molecule has 3 fully saturated rings. The third-order valence-electron chi connectivity index (χ3n) is 7.18. The van der Waals surface area contributed by atoms with E-state index in [0.717, 1.165) is 56.1 Å². The van der Waals surface area contributed by atoms with Crippen molar-refractivity contribution in [2.75, 3.05) is 32.8 Å². The van der Waals surface area contributed by atoms with Crippen LogP contribution in [-0.2, 0) is 9.53 Å². The maximum Gasteiger partial charge on any atom is 0.267 e. The van der Waals surface area contributed by atoms with Crippen molar-refractivity contribution < 1.29 is 14.3 Å². The van der Waals surface area contributed by atoms with Crippen molar-refractivity contribution in [3.63, 3.8) is 0 Å². The number of hydrogen-bond acceptors (Lipinski definition) is 4. The van der Waals surface area contributed by atoms with Gasteiger partial charge in [0.15, 0.2) is 0 Å². The number of nitrogens with one attached hydrogen (secondary N) is 2. The van der Waals surface area contributed by atoms with E-state index in [1.165, 1.54) is 0 Å². The van der Waals surface area contributed by atoms with E-state index in [1.807, 2.05) is 12.1 Å². The Kier molecular flexibility index (Phi) is 4.78. The van der Waals surface area contributed by atoms with Crippen molar-refractivity contribution in [2.45, 2.75) is 32.1 Å². The highest BCUT2D eigenvalue weighted by molar-refractivity contribution is 5.97. The quantitative estimate of drug-likeness (QED) is 0.831. The number of likely N-dealkylation sites (tertiary alicyclic amines) is 1. The number of pyridine rings is 1. The van der Waals surface area contributed by atoms with Gasteiger partial charge in [-0.05, 0) is 55.6 Å². The first-order valence-corrected chi connectivity index (χ1v) is 10.7. The maximum absolute atomic E-state index is 12.7. The van der Waals surface area contributed by atoms with Gasteiger partial charge in [0.25, 0.3) is 5.91 Å². The minimum absolute atomic E-state index is 0.0598. The Hall–Kier alpha value is -2.41. The summed E-state index contributed by atoms with van der Waals surface area (Å²) in [5, 5.41) is 4.09. The van der Waals surface area contributed by atoms with Gasteiger partial charge in [-0.2, -0.15) is 0 Å². The van der Waals surface area contributed by atoms with Gasteiger partial charge >= 0.3 is 0 Å². The number of hydrogen-bond donors (Lipinski definition) is 2. The topological polar surface area (TPSA) is 87.3 Å². The standard InChI is InChI=1S/C22H28N4O3/c27-20(18-11-16-1-6-23-14-19(16)25-18)24-13-17-12-22(17)4-7-26(8-5-22)21(28)15-2-9-29-10-3-15/h1,6,11,14-15,17,25H,2-5,7-10,12-13H2,(H,24,27). The van der Waals surface area contributed by atoms with Gasteiger partial charge in [0.1, 0.15) is 5.69 Å². The molecule has 5 rings (SSSR count). The van der Waals surface area contributed by atoms with Crippen molar-refractivity contribution in [1.82, 2.24) is 20.2 Å². The summed E-state index contributed by atoms with van der Waals surface area (Å²) in [4.78, 5) is 34.5.